The molecule has 23 heavy (non-hydrogen) atoms. The molecule has 0 unspecified atom stereocenters. The maximum absolute atomic E-state index is 6.27. The second-order valence-electron chi connectivity index (χ2n) is 5.71. The van der Waals surface area contributed by atoms with Crippen LogP contribution < -0.4 is 4.74 Å². The van der Waals surface area contributed by atoms with Crippen LogP contribution in [-0.4, -0.2) is 0 Å². The fourth-order valence-corrected chi connectivity index (χ4v) is 4.26. The minimum atomic E-state index is 0.118. The lowest BCUT2D eigenvalue weighted by Crippen LogP contribution is -2.17. The van der Waals surface area contributed by atoms with Gasteiger partial charge in [0, 0.05) is 22.1 Å². The van der Waals surface area contributed by atoms with Crippen LogP contribution >= 0.6 is 11.8 Å². The van der Waals surface area contributed by atoms with Crippen molar-refractivity contribution in [3.63, 3.8) is 0 Å². The maximum Gasteiger partial charge on any atom is 0.125 e. The fraction of sp³-hybridized carbons (Fsp3) is 0.143. The molecular formula is C21H18OS. The predicted octanol–water partition coefficient (Wildman–Crippen LogP) is 6.04. The molecule has 2 atom stereocenters. The average molecular weight is 318 g/mol. The zero-order chi connectivity index (χ0) is 15.5. The Balaban J connectivity index is 1.67. The first kappa shape index (κ1) is 14.4. The van der Waals surface area contributed by atoms with Crippen LogP contribution in [0, 0.1) is 0 Å². The minimum absolute atomic E-state index is 0.118. The molecular weight excluding hydrogens is 300 g/mol. The summed E-state index contributed by atoms with van der Waals surface area (Å²) in [4.78, 5) is 1.31. The SMILES string of the molecule is c1ccc(S[C@@H]2C[C@H](c3ccccc3)Oc3ccccc32)cc1. The van der Waals surface area contributed by atoms with E-state index in [2.05, 4.69) is 84.9 Å². The zero-order valence-electron chi connectivity index (χ0n) is 12.8. The third kappa shape index (κ3) is 3.13. The van der Waals surface area contributed by atoms with Gasteiger partial charge >= 0.3 is 0 Å². The van der Waals surface area contributed by atoms with Crippen LogP contribution in [0.4, 0.5) is 0 Å². The van der Waals surface area contributed by atoms with Gasteiger partial charge in [-0.15, -0.1) is 11.8 Å². The monoisotopic (exact) mass is 318 g/mol. The zero-order valence-corrected chi connectivity index (χ0v) is 13.6. The number of para-hydroxylation sites is 1. The Morgan fingerprint density at radius 3 is 2.17 bits per heavy atom. The number of benzene rings is 3. The number of thioether (sulfide) groups is 1. The molecule has 1 heterocycles. The molecule has 0 fully saturated rings. The van der Waals surface area contributed by atoms with Gasteiger partial charge in [-0.1, -0.05) is 66.7 Å². The largest absolute Gasteiger partial charge is 0.485 e. The Morgan fingerprint density at radius 2 is 1.39 bits per heavy atom. The van der Waals surface area contributed by atoms with Crippen molar-refractivity contribution < 1.29 is 4.74 Å². The first-order valence-electron chi connectivity index (χ1n) is 7.92. The predicted molar refractivity (Wildman–Crippen MR) is 95.9 cm³/mol. The van der Waals surface area contributed by atoms with Gasteiger partial charge in [-0.25, -0.2) is 0 Å². The summed E-state index contributed by atoms with van der Waals surface area (Å²) in [6, 6.07) is 29.6. The molecule has 0 radical (unpaired) electrons. The van der Waals surface area contributed by atoms with Crippen molar-refractivity contribution in [2.45, 2.75) is 22.7 Å². The van der Waals surface area contributed by atoms with E-state index in [1.165, 1.54) is 16.0 Å². The molecule has 4 rings (SSSR count). The van der Waals surface area contributed by atoms with Gasteiger partial charge in [0.25, 0.3) is 0 Å². The highest BCUT2D eigenvalue weighted by molar-refractivity contribution is 7.99. The minimum Gasteiger partial charge on any atom is -0.485 e. The first-order chi connectivity index (χ1) is 11.4. The Hall–Kier alpha value is -2.19. The van der Waals surface area contributed by atoms with E-state index in [0.29, 0.717) is 5.25 Å². The Morgan fingerprint density at radius 1 is 0.739 bits per heavy atom. The van der Waals surface area contributed by atoms with Crippen LogP contribution in [-0.2, 0) is 0 Å². The molecule has 0 N–H and O–H groups in total. The summed E-state index contributed by atoms with van der Waals surface area (Å²) in [5.41, 5.74) is 2.55. The van der Waals surface area contributed by atoms with Crippen LogP contribution in [0.1, 0.15) is 28.9 Å². The standard InChI is InChI=1S/C21H18OS/c1-3-9-16(10-4-1)20-15-21(23-17-11-5-2-6-12-17)18-13-7-8-14-19(18)22-20/h1-14,20-21H,15H2/t20-,21-/m1/s1. The maximum atomic E-state index is 6.27. The molecule has 1 aliphatic heterocycles. The van der Waals surface area contributed by atoms with E-state index < -0.39 is 0 Å². The topological polar surface area (TPSA) is 9.23 Å². The summed E-state index contributed by atoms with van der Waals surface area (Å²) in [5.74, 6) is 1.01. The summed E-state index contributed by atoms with van der Waals surface area (Å²) in [5, 5.41) is 0.410. The molecule has 2 heteroatoms. The van der Waals surface area contributed by atoms with Gasteiger partial charge in [0.05, 0.1) is 0 Å². The Labute approximate surface area is 141 Å². The van der Waals surface area contributed by atoms with Crippen molar-refractivity contribution in [2.75, 3.05) is 0 Å². The number of ether oxygens (including phenoxy) is 1. The lowest BCUT2D eigenvalue weighted by atomic mass is 9.97. The molecule has 0 bridgehead atoms. The summed E-state index contributed by atoms with van der Waals surface area (Å²) in [7, 11) is 0. The Kier molecular flexibility index (Phi) is 4.08. The Bertz CT molecular complexity index is 770. The van der Waals surface area contributed by atoms with Crippen LogP contribution in [0.15, 0.2) is 89.8 Å². The normalized spacial score (nSPS) is 19.7. The van der Waals surface area contributed by atoms with Crippen molar-refractivity contribution in [2.24, 2.45) is 0 Å². The lowest BCUT2D eigenvalue weighted by molar-refractivity contribution is 0.175. The molecule has 0 amide bonds. The molecule has 0 saturated heterocycles. The third-order valence-corrected chi connectivity index (χ3v) is 5.43. The fourth-order valence-electron chi connectivity index (χ4n) is 3.02. The van der Waals surface area contributed by atoms with Crippen molar-refractivity contribution in [1.29, 1.82) is 0 Å². The van der Waals surface area contributed by atoms with Crippen molar-refractivity contribution in [1.82, 2.24) is 0 Å². The lowest BCUT2D eigenvalue weighted by Gasteiger charge is -2.32. The van der Waals surface area contributed by atoms with Crippen LogP contribution in [0.3, 0.4) is 0 Å². The van der Waals surface area contributed by atoms with Gasteiger partial charge in [0.1, 0.15) is 11.9 Å². The van der Waals surface area contributed by atoms with Gasteiger partial charge in [-0.05, 0) is 23.8 Å². The summed E-state index contributed by atoms with van der Waals surface area (Å²) in [6.07, 6.45) is 1.10. The smallest absolute Gasteiger partial charge is 0.125 e. The first-order valence-corrected chi connectivity index (χ1v) is 8.80. The van der Waals surface area contributed by atoms with E-state index in [1.54, 1.807) is 0 Å². The molecule has 3 aromatic rings. The van der Waals surface area contributed by atoms with Gasteiger partial charge in [0.15, 0.2) is 0 Å². The van der Waals surface area contributed by atoms with Crippen LogP contribution in [0.25, 0.3) is 0 Å². The van der Waals surface area contributed by atoms with Crippen LogP contribution in [0.2, 0.25) is 0 Å². The van der Waals surface area contributed by atoms with Crippen molar-refractivity contribution in [3.05, 3.63) is 96.1 Å². The number of fused-ring (bicyclic) bond motifs is 1. The van der Waals surface area contributed by atoms with Crippen LogP contribution in [0.5, 0.6) is 5.75 Å². The van der Waals surface area contributed by atoms with Gasteiger partial charge in [-0.3, -0.25) is 0 Å². The van der Waals surface area contributed by atoms with Gasteiger partial charge in [0.2, 0.25) is 0 Å². The van der Waals surface area contributed by atoms with Gasteiger partial charge in [-0.2, -0.15) is 0 Å². The molecule has 114 valence electrons. The molecule has 1 nitrogen and oxygen atoms in total. The van der Waals surface area contributed by atoms with Gasteiger partial charge < -0.3 is 4.74 Å². The van der Waals surface area contributed by atoms with E-state index in [1.807, 2.05) is 11.8 Å². The van der Waals surface area contributed by atoms with E-state index in [-0.39, 0.29) is 6.10 Å². The van der Waals surface area contributed by atoms with Crippen molar-refractivity contribution in [3.8, 4) is 5.75 Å². The average Bonchev–Trinajstić information content (AvgIpc) is 2.63. The summed E-state index contributed by atoms with van der Waals surface area (Å²) < 4.78 is 6.27. The van der Waals surface area contributed by atoms with E-state index in [0.717, 1.165) is 12.2 Å². The number of hydrogen-bond donors (Lipinski definition) is 0. The highest BCUT2D eigenvalue weighted by Crippen LogP contribution is 2.49. The van der Waals surface area contributed by atoms with Crippen molar-refractivity contribution >= 4 is 11.8 Å². The second kappa shape index (κ2) is 6.51. The molecule has 0 spiro atoms. The molecule has 1 aliphatic rings. The second-order valence-corrected chi connectivity index (χ2v) is 6.99. The molecule has 0 saturated carbocycles. The summed E-state index contributed by atoms with van der Waals surface area (Å²) >= 11 is 1.93. The third-order valence-electron chi connectivity index (χ3n) is 4.16. The van der Waals surface area contributed by atoms with E-state index in [9.17, 15) is 0 Å². The molecule has 0 aliphatic carbocycles. The number of rotatable bonds is 3. The highest BCUT2D eigenvalue weighted by Gasteiger charge is 2.29. The molecule has 3 aromatic carbocycles. The quantitative estimate of drug-likeness (QED) is 0.582. The highest BCUT2D eigenvalue weighted by atomic mass is 32.2. The molecule has 0 aromatic heterocycles. The van der Waals surface area contributed by atoms with E-state index in [4.69, 9.17) is 4.74 Å². The number of hydrogen-bond acceptors (Lipinski definition) is 2. The van der Waals surface area contributed by atoms with E-state index >= 15 is 0 Å². The summed E-state index contributed by atoms with van der Waals surface area (Å²) in [6.45, 7) is 0.